The number of hydrogen-bond acceptors (Lipinski definition) is 4. The van der Waals surface area contributed by atoms with Crippen LogP contribution in [0.5, 0.6) is 0 Å². The number of nitrogens with zero attached hydrogens (tertiary/aromatic N) is 4. The molecule has 0 atom stereocenters. The number of pyridine rings is 3. The van der Waals surface area contributed by atoms with Crippen molar-refractivity contribution in [2.75, 3.05) is 0 Å². The van der Waals surface area contributed by atoms with E-state index in [9.17, 15) is 0 Å². The van der Waals surface area contributed by atoms with E-state index in [1.165, 1.54) is 0 Å². The molecule has 10 aromatic rings. The van der Waals surface area contributed by atoms with E-state index in [1.807, 2.05) is 48.8 Å². The van der Waals surface area contributed by atoms with Gasteiger partial charge in [-0.05, 0) is 88.6 Å². The lowest BCUT2D eigenvalue weighted by molar-refractivity contribution is 0.669. The lowest BCUT2D eigenvalue weighted by atomic mass is 9.94. The second-order valence-corrected chi connectivity index (χ2v) is 11.7. The Morgan fingerprint density at radius 1 is 0.457 bits per heavy atom. The molecule has 5 heteroatoms. The Labute approximate surface area is 263 Å². The summed E-state index contributed by atoms with van der Waals surface area (Å²) in [5, 5.41) is 6.81. The van der Waals surface area contributed by atoms with Gasteiger partial charge in [-0.25, -0.2) is 4.98 Å². The summed E-state index contributed by atoms with van der Waals surface area (Å²) < 4.78 is 8.38. The second kappa shape index (κ2) is 9.58. The molecule has 0 aliphatic carbocycles. The minimum Gasteiger partial charge on any atom is -0.456 e. The van der Waals surface area contributed by atoms with Crippen LogP contribution in [0.4, 0.5) is 0 Å². The summed E-state index contributed by atoms with van der Waals surface area (Å²) >= 11 is 0. The molecule has 0 aliphatic rings. The van der Waals surface area contributed by atoms with Crippen molar-refractivity contribution in [1.82, 2.24) is 19.4 Å². The van der Waals surface area contributed by atoms with Crippen molar-refractivity contribution >= 4 is 60.2 Å². The summed E-state index contributed by atoms with van der Waals surface area (Å²) in [4.78, 5) is 14.6. The van der Waals surface area contributed by atoms with Crippen molar-refractivity contribution < 1.29 is 4.42 Å². The monoisotopic (exact) mass is 588 g/mol. The number of para-hydroxylation sites is 1. The SMILES string of the molecule is c1ccc(-c2ccc3c(c2)c2cc(-c4cc(-c5ccc6c(c5)oc5ccccc56)ccn4)ccc2c2c3nc3ccccn32)nc1. The smallest absolute Gasteiger partial charge is 0.137 e. The summed E-state index contributed by atoms with van der Waals surface area (Å²) in [6, 6.07) is 44.3. The van der Waals surface area contributed by atoms with Crippen LogP contribution in [-0.2, 0) is 0 Å². The van der Waals surface area contributed by atoms with Gasteiger partial charge in [0.25, 0.3) is 0 Å². The molecule has 0 unspecified atom stereocenters. The number of benzene rings is 5. The Balaban J connectivity index is 1.18. The molecule has 214 valence electrons. The molecule has 5 heterocycles. The fourth-order valence-electron chi connectivity index (χ4n) is 6.91. The van der Waals surface area contributed by atoms with Gasteiger partial charge in [0.2, 0.25) is 0 Å². The highest BCUT2D eigenvalue weighted by Gasteiger charge is 2.17. The van der Waals surface area contributed by atoms with E-state index in [1.54, 1.807) is 0 Å². The van der Waals surface area contributed by atoms with Crippen molar-refractivity contribution in [3.05, 3.63) is 146 Å². The molecule has 0 radical (unpaired) electrons. The van der Waals surface area contributed by atoms with E-state index in [4.69, 9.17) is 14.4 Å². The molecule has 0 saturated heterocycles. The number of furan rings is 1. The minimum atomic E-state index is 0.884. The normalized spacial score (nSPS) is 11.9. The van der Waals surface area contributed by atoms with Crippen molar-refractivity contribution in [3.63, 3.8) is 0 Å². The maximum absolute atomic E-state index is 6.19. The van der Waals surface area contributed by atoms with Gasteiger partial charge >= 0.3 is 0 Å². The topological polar surface area (TPSA) is 56.2 Å². The highest BCUT2D eigenvalue weighted by molar-refractivity contribution is 6.25. The Kier molecular flexibility index (Phi) is 5.22. The van der Waals surface area contributed by atoms with Gasteiger partial charge in [-0.1, -0.05) is 60.7 Å². The zero-order chi connectivity index (χ0) is 30.2. The molecular formula is C41H24N4O. The average Bonchev–Trinajstić information content (AvgIpc) is 3.70. The lowest BCUT2D eigenvalue weighted by Gasteiger charge is -2.12. The van der Waals surface area contributed by atoms with Gasteiger partial charge in [0.05, 0.1) is 22.4 Å². The fourth-order valence-corrected chi connectivity index (χ4v) is 6.91. The Morgan fingerprint density at radius 3 is 2.09 bits per heavy atom. The number of imidazole rings is 1. The third-order valence-corrected chi connectivity index (χ3v) is 9.10. The largest absolute Gasteiger partial charge is 0.456 e. The number of hydrogen-bond donors (Lipinski definition) is 0. The highest BCUT2D eigenvalue weighted by Crippen LogP contribution is 2.39. The van der Waals surface area contributed by atoms with Crippen LogP contribution in [0.15, 0.2) is 150 Å². The van der Waals surface area contributed by atoms with E-state index < -0.39 is 0 Å². The Bertz CT molecular complexity index is 2810. The summed E-state index contributed by atoms with van der Waals surface area (Å²) in [5.74, 6) is 0. The molecule has 10 rings (SSSR count). The van der Waals surface area contributed by atoms with Crippen LogP contribution >= 0.6 is 0 Å². The van der Waals surface area contributed by atoms with E-state index in [0.29, 0.717) is 0 Å². The molecule has 5 nitrogen and oxygen atoms in total. The molecule has 0 amide bonds. The molecule has 5 aromatic carbocycles. The molecule has 0 saturated carbocycles. The maximum Gasteiger partial charge on any atom is 0.137 e. The highest BCUT2D eigenvalue weighted by atomic mass is 16.3. The van der Waals surface area contributed by atoms with Crippen molar-refractivity contribution in [1.29, 1.82) is 0 Å². The standard InChI is InChI=1S/C41H24N4O/c1-2-9-37-29(7-1)30-14-11-25(24-38(30)46-37)26-17-19-43-36(23-26)28-13-16-32-34(22-28)33-21-27(35-8-3-5-18-42-35)12-15-31(33)40-41(32)45-20-6-4-10-39(45)44-40/h1-24H. The molecule has 5 aromatic heterocycles. The number of aromatic nitrogens is 4. The molecule has 0 spiro atoms. The van der Waals surface area contributed by atoms with E-state index in [-0.39, 0.29) is 0 Å². The van der Waals surface area contributed by atoms with Crippen molar-refractivity contribution in [2.45, 2.75) is 0 Å². The van der Waals surface area contributed by atoms with Gasteiger partial charge < -0.3 is 4.42 Å². The number of fused-ring (bicyclic) bond motifs is 11. The van der Waals surface area contributed by atoms with Crippen LogP contribution < -0.4 is 0 Å². The summed E-state index contributed by atoms with van der Waals surface area (Å²) in [6.07, 6.45) is 5.82. The van der Waals surface area contributed by atoms with Crippen LogP contribution in [0.1, 0.15) is 0 Å². The molecule has 0 fully saturated rings. The molecule has 0 aliphatic heterocycles. The average molecular weight is 589 g/mol. The van der Waals surface area contributed by atoms with Gasteiger partial charge in [-0.3, -0.25) is 14.4 Å². The summed E-state index contributed by atoms with van der Waals surface area (Å²) in [5.41, 5.74) is 11.0. The first-order valence-electron chi connectivity index (χ1n) is 15.3. The Morgan fingerprint density at radius 2 is 1.17 bits per heavy atom. The zero-order valence-electron chi connectivity index (χ0n) is 24.6. The first-order valence-corrected chi connectivity index (χ1v) is 15.3. The fraction of sp³-hybridized carbons (Fsp3) is 0. The van der Waals surface area contributed by atoms with E-state index in [2.05, 4.69) is 107 Å². The van der Waals surface area contributed by atoms with Gasteiger partial charge in [0.15, 0.2) is 0 Å². The Hall–Kier alpha value is -6.33. The molecule has 0 bridgehead atoms. The van der Waals surface area contributed by atoms with E-state index >= 15 is 0 Å². The summed E-state index contributed by atoms with van der Waals surface area (Å²) in [6.45, 7) is 0. The number of rotatable bonds is 3. The lowest BCUT2D eigenvalue weighted by Crippen LogP contribution is -1.90. The van der Waals surface area contributed by atoms with Crippen LogP contribution in [0, 0.1) is 0 Å². The van der Waals surface area contributed by atoms with Crippen molar-refractivity contribution in [3.8, 4) is 33.6 Å². The van der Waals surface area contributed by atoms with Gasteiger partial charge in [-0.2, -0.15) is 0 Å². The third kappa shape index (κ3) is 3.72. The molecule has 46 heavy (non-hydrogen) atoms. The third-order valence-electron chi connectivity index (χ3n) is 9.10. The van der Waals surface area contributed by atoms with Crippen LogP contribution in [0.2, 0.25) is 0 Å². The van der Waals surface area contributed by atoms with Crippen LogP contribution in [0.25, 0.3) is 93.8 Å². The predicted octanol–water partition coefficient (Wildman–Crippen LogP) is 10.5. The summed E-state index contributed by atoms with van der Waals surface area (Å²) in [7, 11) is 0. The van der Waals surface area contributed by atoms with Crippen LogP contribution in [0.3, 0.4) is 0 Å². The van der Waals surface area contributed by atoms with Gasteiger partial charge in [0, 0.05) is 51.3 Å². The second-order valence-electron chi connectivity index (χ2n) is 11.7. The zero-order valence-corrected chi connectivity index (χ0v) is 24.6. The van der Waals surface area contributed by atoms with Crippen molar-refractivity contribution in [2.24, 2.45) is 0 Å². The van der Waals surface area contributed by atoms with Gasteiger partial charge in [0.1, 0.15) is 16.8 Å². The quantitative estimate of drug-likeness (QED) is 0.193. The first-order chi connectivity index (χ1) is 22.8. The van der Waals surface area contributed by atoms with E-state index in [0.717, 1.165) is 93.8 Å². The van der Waals surface area contributed by atoms with Crippen LogP contribution in [-0.4, -0.2) is 19.4 Å². The maximum atomic E-state index is 6.19. The molecule has 0 N–H and O–H groups in total. The predicted molar refractivity (Wildman–Crippen MR) is 187 cm³/mol. The minimum absolute atomic E-state index is 0.884. The first kappa shape index (κ1) is 25.0. The van der Waals surface area contributed by atoms with Gasteiger partial charge in [-0.15, -0.1) is 0 Å². The molecular weight excluding hydrogens is 564 g/mol.